The Bertz CT molecular complexity index is 749. The fraction of sp³-hybridized carbons (Fsp3) is 0.450. The molecule has 0 heterocycles. The Kier molecular flexibility index (Phi) is 9.03. The summed E-state index contributed by atoms with van der Waals surface area (Å²) in [5.74, 6) is -4.92. The molecule has 30 heavy (non-hydrogen) atoms. The van der Waals surface area contributed by atoms with E-state index in [1.807, 2.05) is 0 Å². The minimum atomic E-state index is -5.21. The molecule has 0 saturated carbocycles. The van der Waals surface area contributed by atoms with E-state index in [0.717, 1.165) is 26.4 Å². The Morgan fingerprint density at radius 3 is 2.10 bits per heavy atom. The van der Waals surface area contributed by atoms with Gasteiger partial charge in [-0.1, -0.05) is 36.4 Å². The van der Waals surface area contributed by atoms with Crippen molar-refractivity contribution in [2.45, 2.75) is 30.7 Å². The number of hydrogen-bond donors (Lipinski definition) is 0. The van der Waals surface area contributed by atoms with Crippen LogP contribution in [0.2, 0.25) is 0 Å². The van der Waals surface area contributed by atoms with Crippen molar-refractivity contribution in [1.29, 1.82) is 0 Å². The highest BCUT2D eigenvalue weighted by atomic mass is 19.4. The Balaban J connectivity index is 3.46. The van der Waals surface area contributed by atoms with Gasteiger partial charge in [0.2, 0.25) is 0 Å². The summed E-state index contributed by atoms with van der Waals surface area (Å²) < 4.78 is 61.0. The summed E-state index contributed by atoms with van der Waals surface area (Å²) in [6.45, 7) is 3.46. The number of benzene rings is 1. The molecule has 0 saturated heterocycles. The highest BCUT2D eigenvalue weighted by Gasteiger charge is 2.64. The van der Waals surface area contributed by atoms with Gasteiger partial charge in [-0.3, -0.25) is 9.59 Å². The minimum absolute atomic E-state index is 0.126. The van der Waals surface area contributed by atoms with E-state index >= 15 is 0 Å². The Hall–Kier alpha value is -2.88. The normalized spacial score (nSPS) is 15.3. The molecule has 1 aromatic rings. The fourth-order valence-corrected chi connectivity index (χ4v) is 2.85. The molecule has 0 aliphatic rings. The van der Waals surface area contributed by atoms with Crippen molar-refractivity contribution in [3.05, 3.63) is 48.6 Å². The molecule has 166 valence electrons. The zero-order valence-corrected chi connectivity index (χ0v) is 16.7. The third-order valence-electron chi connectivity index (χ3n) is 4.40. The molecular formula is C20H23F3O7. The van der Waals surface area contributed by atoms with Gasteiger partial charge in [0.25, 0.3) is 5.60 Å². The predicted molar refractivity (Wildman–Crippen MR) is 98.0 cm³/mol. The van der Waals surface area contributed by atoms with Gasteiger partial charge in [-0.05, 0) is 6.42 Å². The molecule has 10 heteroatoms. The number of carbonyl (C=O) groups excluding carboxylic acids is 3. The largest absolute Gasteiger partial charge is 0.469 e. The number of halogens is 3. The van der Waals surface area contributed by atoms with Crippen molar-refractivity contribution in [2.75, 3.05) is 21.3 Å². The van der Waals surface area contributed by atoms with Crippen LogP contribution >= 0.6 is 0 Å². The van der Waals surface area contributed by atoms with Crippen LogP contribution in [-0.2, 0) is 38.9 Å². The number of allylic oxidation sites excluding steroid dienone is 1. The second kappa shape index (κ2) is 10.8. The van der Waals surface area contributed by atoms with Crippen LogP contribution in [0.15, 0.2) is 43.0 Å². The van der Waals surface area contributed by atoms with Crippen LogP contribution in [0.1, 0.15) is 18.4 Å². The molecule has 0 aromatic heterocycles. The summed E-state index contributed by atoms with van der Waals surface area (Å²) in [6, 6.07) is 6.15. The van der Waals surface area contributed by atoms with E-state index < -0.39 is 53.7 Å². The van der Waals surface area contributed by atoms with Crippen LogP contribution in [0.3, 0.4) is 0 Å². The lowest BCUT2D eigenvalue weighted by molar-refractivity contribution is -0.278. The summed E-state index contributed by atoms with van der Waals surface area (Å²) in [7, 11) is 2.80. The van der Waals surface area contributed by atoms with Gasteiger partial charge in [0.05, 0.1) is 26.6 Å². The first kappa shape index (κ1) is 25.2. The standard InChI is InChI=1S/C20H23F3O7/c1-5-9-14(17(25)28-3)15(12-16(24)27-2)30-18(26)19(29-4,20(21,22)23)13-10-7-6-8-11-13/h5-8,10-11,14-15H,1,9,12H2,2-4H3/t14-,15+,19?/m1/s1. The first-order valence-electron chi connectivity index (χ1n) is 8.73. The van der Waals surface area contributed by atoms with Crippen LogP contribution in [-0.4, -0.2) is 51.5 Å². The smallest absolute Gasteiger partial charge is 0.432 e. The van der Waals surface area contributed by atoms with Crippen molar-refractivity contribution < 1.29 is 46.5 Å². The number of rotatable bonds is 10. The highest BCUT2D eigenvalue weighted by Crippen LogP contribution is 2.43. The van der Waals surface area contributed by atoms with Crippen molar-refractivity contribution in [2.24, 2.45) is 5.92 Å². The SMILES string of the molecule is C=CC[C@@H](C(=O)OC)[C@H](CC(=O)OC)OC(=O)C(OC)(c1ccccc1)C(F)(F)F. The predicted octanol–water partition coefficient (Wildman–Crippen LogP) is 2.93. The molecule has 0 fully saturated rings. The summed E-state index contributed by atoms with van der Waals surface area (Å²) in [5.41, 5.74) is -4.00. The first-order chi connectivity index (χ1) is 14.1. The van der Waals surface area contributed by atoms with Crippen molar-refractivity contribution in [3.8, 4) is 0 Å². The van der Waals surface area contributed by atoms with E-state index in [-0.39, 0.29) is 6.42 Å². The van der Waals surface area contributed by atoms with Gasteiger partial charge in [-0.2, -0.15) is 13.2 Å². The van der Waals surface area contributed by atoms with Crippen LogP contribution < -0.4 is 0 Å². The highest BCUT2D eigenvalue weighted by molar-refractivity contribution is 5.84. The molecule has 0 bridgehead atoms. The second-order valence-corrected chi connectivity index (χ2v) is 6.13. The Labute approximate surface area is 171 Å². The van der Waals surface area contributed by atoms with E-state index in [1.165, 1.54) is 24.3 Å². The molecule has 1 unspecified atom stereocenters. The van der Waals surface area contributed by atoms with Crippen molar-refractivity contribution in [3.63, 3.8) is 0 Å². The lowest BCUT2D eigenvalue weighted by Crippen LogP contribution is -2.53. The zero-order valence-electron chi connectivity index (χ0n) is 16.7. The summed E-state index contributed by atoms with van der Waals surface area (Å²) in [6.07, 6.45) is -6.35. The van der Waals surface area contributed by atoms with Gasteiger partial charge in [0, 0.05) is 12.7 Å². The molecule has 0 aliphatic carbocycles. The molecule has 0 N–H and O–H groups in total. The molecule has 3 atom stereocenters. The molecule has 0 amide bonds. The summed E-state index contributed by atoms with van der Waals surface area (Å²) in [4.78, 5) is 36.7. The molecule has 1 rings (SSSR count). The topological polar surface area (TPSA) is 88.1 Å². The minimum Gasteiger partial charge on any atom is -0.469 e. The number of esters is 3. The number of carbonyl (C=O) groups is 3. The lowest BCUT2D eigenvalue weighted by Gasteiger charge is -2.34. The number of hydrogen-bond acceptors (Lipinski definition) is 7. The Morgan fingerprint density at radius 1 is 1.07 bits per heavy atom. The summed E-state index contributed by atoms with van der Waals surface area (Å²) >= 11 is 0. The molecule has 7 nitrogen and oxygen atoms in total. The molecule has 0 spiro atoms. The quantitative estimate of drug-likeness (QED) is 0.319. The second-order valence-electron chi connectivity index (χ2n) is 6.13. The lowest BCUT2D eigenvalue weighted by atomic mass is 9.91. The monoisotopic (exact) mass is 432 g/mol. The average molecular weight is 432 g/mol. The van der Waals surface area contributed by atoms with Gasteiger partial charge in [-0.25, -0.2) is 4.79 Å². The average Bonchev–Trinajstić information content (AvgIpc) is 2.71. The number of methoxy groups -OCH3 is 3. The van der Waals surface area contributed by atoms with E-state index in [4.69, 9.17) is 4.74 Å². The maximum absolute atomic E-state index is 14.0. The van der Waals surface area contributed by atoms with Gasteiger partial charge in [0.15, 0.2) is 0 Å². The van der Waals surface area contributed by atoms with Crippen molar-refractivity contribution >= 4 is 17.9 Å². The maximum atomic E-state index is 14.0. The fourth-order valence-electron chi connectivity index (χ4n) is 2.85. The third kappa shape index (κ3) is 5.38. The van der Waals surface area contributed by atoms with Crippen LogP contribution in [0, 0.1) is 5.92 Å². The van der Waals surface area contributed by atoms with Crippen molar-refractivity contribution in [1.82, 2.24) is 0 Å². The molecule has 0 radical (unpaired) electrons. The van der Waals surface area contributed by atoms with Crippen LogP contribution in [0.5, 0.6) is 0 Å². The van der Waals surface area contributed by atoms with Gasteiger partial charge >= 0.3 is 24.1 Å². The maximum Gasteiger partial charge on any atom is 0.432 e. The molecule has 0 aliphatic heterocycles. The molecular weight excluding hydrogens is 409 g/mol. The summed E-state index contributed by atoms with van der Waals surface area (Å²) in [5, 5.41) is 0. The zero-order chi connectivity index (χ0) is 22.9. The van der Waals surface area contributed by atoms with Crippen LogP contribution in [0.25, 0.3) is 0 Å². The van der Waals surface area contributed by atoms with E-state index in [2.05, 4.69) is 20.8 Å². The van der Waals surface area contributed by atoms with E-state index in [0.29, 0.717) is 7.11 Å². The van der Waals surface area contributed by atoms with Crippen LogP contribution in [0.4, 0.5) is 13.2 Å². The molecule has 1 aromatic carbocycles. The van der Waals surface area contributed by atoms with E-state index in [9.17, 15) is 27.6 Å². The number of alkyl halides is 3. The van der Waals surface area contributed by atoms with E-state index in [1.54, 1.807) is 0 Å². The van der Waals surface area contributed by atoms with Gasteiger partial charge < -0.3 is 18.9 Å². The van der Waals surface area contributed by atoms with Gasteiger partial charge in [0.1, 0.15) is 6.10 Å². The number of ether oxygens (including phenoxy) is 4. The third-order valence-corrected chi connectivity index (χ3v) is 4.40. The first-order valence-corrected chi connectivity index (χ1v) is 8.73. The Morgan fingerprint density at radius 2 is 1.67 bits per heavy atom. The van der Waals surface area contributed by atoms with Gasteiger partial charge in [-0.15, -0.1) is 6.58 Å².